The molecule has 2 aromatic rings. The molecule has 2 N–H and O–H groups in total. The van der Waals surface area contributed by atoms with Gasteiger partial charge in [-0.2, -0.15) is 0 Å². The van der Waals surface area contributed by atoms with E-state index in [1.165, 1.54) is 6.42 Å². The summed E-state index contributed by atoms with van der Waals surface area (Å²) in [7, 11) is 3.90. The molecule has 1 saturated carbocycles. The smallest absolute Gasteiger partial charge is 0.270 e. The van der Waals surface area contributed by atoms with Crippen LogP contribution in [0.15, 0.2) is 22.9 Å². The van der Waals surface area contributed by atoms with Gasteiger partial charge in [0.15, 0.2) is 5.58 Å². The highest BCUT2D eigenvalue weighted by Crippen LogP contribution is 2.32. The highest BCUT2D eigenvalue weighted by molar-refractivity contribution is 5.99. The normalized spacial score (nSPS) is 26.5. The van der Waals surface area contributed by atoms with Gasteiger partial charge in [0.2, 0.25) is 0 Å². The number of rotatable bonds is 3. The maximum absolute atomic E-state index is 12.5. The highest BCUT2D eigenvalue weighted by atomic mass is 16.3. The van der Waals surface area contributed by atoms with Gasteiger partial charge in [0.05, 0.1) is 11.9 Å². The fraction of sp³-hybridized carbons (Fsp3) is 0.500. The molecule has 1 aliphatic heterocycles. The molecule has 4 rings (SSSR count). The summed E-state index contributed by atoms with van der Waals surface area (Å²) >= 11 is 0. The Morgan fingerprint density at radius 2 is 2.32 bits per heavy atom. The van der Waals surface area contributed by atoms with Crippen molar-refractivity contribution in [2.75, 3.05) is 25.5 Å². The van der Waals surface area contributed by atoms with E-state index in [1.807, 2.05) is 25.1 Å². The van der Waals surface area contributed by atoms with E-state index in [2.05, 4.69) is 15.6 Å². The van der Waals surface area contributed by atoms with Crippen LogP contribution < -0.4 is 15.5 Å². The largest absolute Gasteiger partial charge is 0.460 e. The first kappa shape index (κ1) is 13.6. The van der Waals surface area contributed by atoms with E-state index in [9.17, 15) is 4.79 Å². The molecule has 2 aromatic heterocycles. The number of anilines is 1. The van der Waals surface area contributed by atoms with Gasteiger partial charge in [-0.15, -0.1) is 0 Å². The summed E-state index contributed by atoms with van der Waals surface area (Å²) in [6, 6.07) is 2.66. The molecule has 1 amide bonds. The van der Waals surface area contributed by atoms with Crippen molar-refractivity contribution < 1.29 is 9.21 Å². The van der Waals surface area contributed by atoms with E-state index in [1.54, 1.807) is 12.5 Å². The molecular weight excluding hydrogens is 280 g/mol. The average Bonchev–Trinajstić information content (AvgIpc) is 3.20. The zero-order chi connectivity index (χ0) is 15.3. The zero-order valence-corrected chi connectivity index (χ0v) is 12.8. The predicted octanol–water partition coefficient (Wildman–Crippen LogP) is 1.37. The maximum Gasteiger partial charge on any atom is 0.270 e. The van der Waals surface area contributed by atoms with Crippen molar-refractivity contribution in [1.29, 1.82) is 0 Å². The number of carbonyl (C=O) groups excluding carboxylic acids is 1. The van der Waals surface area contributed by atoms with Gasteiger partial charge in [0.25, 0.3) is 5.91 Å². The summed E-state index contributed by atoms with van der Waals surface area (Å²) in [5, 5.41) is 7.52. The van der Waals surface area contributed by atoms with Crippen LogP contribution in [0.4, 0.5) is 5.69 Å². The average molecular weight is 300 g/mol. The molecule has 3 atom stereocenters. The number of fused-ring (bicyclic) bond motifs is 3. The number of carbonyl (C=O) groups is 1. The van der Waals surface area contributed by atoms with Crippen LogP contribution in [0.3, 0.4) is 0 Å². The second-order valence-corrected chi connectivity index (χ2v) is 6.50. The number of piperidine rings is 1. The van der Waals surface area contributed by atoms with Crippen molar-refractivity contribution in [3.05, 3.63) is 24.2 Å². The minimum atomic E-state index is -0.0923. The quantitative estimate of drug-likeness (QED) is 0.896. The molecule has 2 bridgehead atoms. The molecule has 0 aromatic carbocycles. The van der Waals surface area contributed by atoms with E-state index >= 15 is 0 Å². The first-order chi connectivity index (χ1) is 10.6. The Hall–Kier alpha value is -2.08. The first-order valence-corrected chi connectivity index (χ1v) is 7.70. The van der Waals surface area contributed by atoms with Crippen molar-refractivity contribution in [3.63, 3.8) is 0 Å². The Labute approximate surface area is 128 Å². The van der Waals surface area contributed by atoms with Crippen LogP contribution in [0.5, 0.6) is 0 Å². The van der Waals surface area contributed by atoms with Crippen molar-refractivity contribution in [2.45, 2.75) is 24.9 Å². The molecule has 6 nitrogen and oxygen atoms in total. The lowest BCUT2D eigenvalue weighted by molar-refractivity contribution is 0.0920. The summed E-state index contributed by atoms with van der Waals surface area (Å²) in [5.74, 6) is 0.467. The lowest BCUT2D eigenvalue weighted by Gasteiger charge is -2.23. The number of aromatic nitrogens is 1. The van der Waals surface area contributed by atoms with Gasteiger partial charge in [0, 0.05) is 38.1 Å². The number of hydrogen-bond acceptors (Lipinski definition) is 5. The molecule has 2 aliphatic rings. The third-order valence-electron chi connectivity index (χ3n) is 4.84. The molecule has 116 valence electrons. The standard InChI is InChI=1S/C16H20N4O2/c1-20(2)14-8-22-15-7-18-13(5-11(14)15)16(21)19-12-4-10-3-9(12)6-17-10/h5,7-10,12,17H,3-4,6H2,1-2H3,(H,19,21). The molecule has 3 heterocycles. The molecule has 0 radical (unpaired) electrons. The fourth-order valence-corrected chi connectivity index (χ4v) is 3.64. The fourth-order valence-electron chi connectivity index (χ4n) is 3.64. The summed E-state index contributed by atoms with van der Waals surface area (Å²) in [6.45, 7) is 1.01. The van der Waals surface area contributed by atoms with Gasteiger partial charge in [-0.25, -0.2) is 4.98 Å². The molecule has 1 saturated heterocycles. The van der Waals surface area contributed by atoms with Gasteiger partial charge < -0.3 is 20.0 Å². The van der Waals surface area contributed by atoms with Gasteiger partial charge in [-0.05, 0) is 24.8 Å². The molecule has 22 heavy (non-hydrogen) atoms. The molecule has 0 spiro atoms. The highest BCUT2D eigenvalue weighted by Gasteiger charge is 2.40. The molecule has 6 heteroatoms. The second kappa shape index (κ2) is 4.98. The number of furan rings is 1. The number of hydrogen-bond donors (Lipinski definition) is 2. The second-order valence-electron chi connectivity index (χ2n) is 6.50. The van der Waals surface area contributed by atoms with Crippen LogP contribution in [-0.4, -0.2) is 43.6 Å². The maximum atomic E-state index is 12.5. The summed E-state index contributed by atoms with van der Waals surface area (Å²) < 4.78 is 5.47. The van der Waals surface area contributed by atoms with Gasteiger partial charge >= 0.3 is 0 Å². The minimum absolute atomic E-state index is 0.0923. The van der Waals surface area contributed by atoms with E-state index < -0.39 is 0 Å². The molecule has 3 unspecified atom stereocenters. The third-order valence-corrected chi connectivity index (χ3v) is 4.84. The monoisotopic (exact) mass is 300 g/mol. The lowest BCUT2D eigenvalue weighted by atomic mass is 10.0. The van der Waals surface area contributed by atoms with E-state index in [-0.39, 0.29) is 11.9 Å². The summed E-state index contributed by atoms with van der Waals surface area (Å²) in [5.41, 5.74) is 2.10. The zero-order valence-electron chi connectivity index (χ0n) is 12.8. The summed E-state index contributed by atoms with van der Waals surface area (Å²) in [6.07, 6.45) is 5.51. The van der Waals surface area contributed by atoms with Crippen LogP contribution in [-0.2, 0) is 0 Å². The minimum Gasteiger partial charge on any atom is -0.460 e. The Morgan fingerprint density at radius 3 is 3.00 bits per heavy atom. The van der Waals surface area contributed by atoms with Crippen molar-refractivity contribution in [3.8, 4) is 0 Å². The van der Waals surface area contributed by atoms with E-state index in [4.69, 9.17) is 4.42 Å². The van der Waals surface area contributed by atoms with Gasteiger partial charge in [-0.1, -0.05) is 0 Å². The van der Waals surface area contributed by atoms with Crippen LogP contribution >= 0.6 is 0 Å². The molecule has 1 aliphatic carbocycles. The van der Waals surface area contributed by atoms with E-state index in [0.717, 1.165) is 24.0 Å². The van der Waals surface area contributed by atoms with Gasteiger partial charge in [-0.3, -0.25) is 4.79 Å². The Morgan fingerprint density at radius 1 is 1.45 bits per heavy atom. The topological polar surface area (TPSA) is 70.4 Å². The van der Waals surface area contributed by atoms with Crippen LogP contribution in [0.25, 0.3) is 11.0 Å². The summed E-state index contributed by atoms with van der Waals surface area (Å²) in [4.78, 5) is 18.7. The predicted molar refractivity (Wildman–Crippen MR) is 84.1 cm³/mol. The Kier molecular flexibility index (Phi) is 3.07. The van der Waals surface area contributed by atoms with Crippen molar-refractivity contribution >= 4 is 22.6 Å². The van der Waals surface area contributed by atoms with Crippen LogP contribution in [0, 0.1) is 5.92 Å². The van der Waals surface area contributed by atoms with Crippen LogP contribution in [0.2, 0.25) is 0 Å². The van der Waals surface area contributed by atoms with Crippen molar-refractivity contribution in [1.82, 2.24) is 15.6 Å². The van der Waals surface area contributed by atoms with Crippen LogP contribution in [0.1, 0.15) is 23.3 Å². The lowest BCUT2D eigenvalue weighted by Crippen LogP contribution is -2.44. The third kappa shape index (κ3) is 2.14. The number of nitrogens with zero attached hydrogens (tertiary/aromatic N) is 2. The first-order valence-electron chi connectivity index (χ1n) is 7.70. The Balaban J connectivity index is 1.57. The Bertz CT molecular complexity index is 724. The van der Waals surface area contributed by atoms with E-state index in [0.29, 0.717) is 23.2 Å². The molecule has 2 fully saturated rings. The number of nitrogens with one attached hydrogen (secondary N) is 2. The SMILES string of the molecule is CN(C)c1coc2cnc(C(=O)NC3CC4CC3CN4)cc12. The van der Waals surface area contributed by atoms with Crippen molar-refractivity contribution in [2.24, 2.45) is 5.92 Å². The molecular formula is C16H20N4O2. The number of amides is 1. The van der Waals surface area contributed by atoms with Gasteiger partial charge in [0.1, 0.15) is 12.0 Å². The number of pyridine rings is 1.